The van der Waals surface area contributed by atoms with Gasteiger partial charge in [-0.1, -0.05) is 0 Å². The summed E-state index contributed by atoms with van der Waals surface area (Å²) in [5.41, 5.74) is 1.48. The molecule has 0 spiro atoms. The molecule has 0 aliphatic carbocycles. The third kappa shape index (κ3) is 3.85. The van der Waals surface area contributed by atoms with Gasteiger partial charge in [0.2, 0.25) is 5.95 Å². The van der Waals surface area contributed by atoms with Crippen LogP contribution < -0.4 is 9.80 Å². The molecular weight excluding hydrogens is 320 g/mol. The van der Waals surface area contributed by atoms with Gasteiger partial charge in [-0.15, -0.1) is 0 Å². The number of aryl methyl sites for hydroxylation is 1. The Balaban J connectivity index is 1.77. The van der Waals surface area contributed by atoms with Gasteiger partial charge in [-0.05, 0) is 32.9 Å². The third-order valence-corrected chi connectivity index (χ3v) is 4.30. The van der Waals surface area contributed by atoms with Gasteiger partial charge < -0.3 is 20.0 Å². The largest absolute Gasteiger partial charge is 0.390 e. The van der Waals surface area contributed by atoms with Crippen LogP contribution in [0.15, 0.2) is 18.3 Å². The molecular formula is C17H24N6O2. The van der Waals surface area contributed by atoms with Crippen LogP contribution in [0.25, 0.3) is 0 Å². The highest BCUT2D eigenvalue weighted by Crippen LogP contribution is 2.22. The van der Waals surface area contributed by atoms with Gasteiger partial charge in [0.15, 0.2) is 5.82 Å². The highest BCUT2D eigenvalue weighted by Gasteiger charge is 2.27. The van der Waals surface area contributed by atoms with Crippen LogP contribution in [0.4, 0.5) is 11.8 Å². The summed E-state index contributed by atoms with van der Waals surface area (Å²) in [4.78, 5) is 21.8. The van der Waals surface area contributed by atoms with E-state index < -0.39 is 6.10 Å². The molecule has 2 N–H and O–H groups in total. The Kier molecular flexibility index (Phi) is 5.10. The van der Waals surface area contributed by atoms with Gasteiger partial charge in [0.25, 0.3) is 0 Å². The number of hydrogen-bond acceptors (Lipinski definition) is 8. The Bertz CT molecular complexity index is 739. The number of aromatic nitrogens is 4. The van der Waals surface area contributed by atoms with E-state index in [0.717, 1.165) is 31.1 Å². The number of aliphatic hydroxyl groups excluding tert-OH is 2. The molecule has 1 fully saturated rings. The number of anilines is 2. The van der Waals surface area contributed by atoms with Crippen LogP contribution in [-0.2, 0) is 6.61 Å². The van der Waals surface area contributed by atoms with Gasteiger partial charge in [-0.2, -0.15) is 0 Å². The van der Waals surface area contributed by atoms with Crippen molar-refractivity contribution in [2.45, 2.75) is 39.5 Å². The summed E-state index contributed by atoms with van der Waals surface area (Å²) in [6.07, 6.45) is 0.995. The molecule has 134 valence electrons. The molecule has 0 aromatic carbocycles. The normalized spacial score (nSPS) is 19.2. The Morgan fingerprint density at radius 3 is 2.76 bits per heavy atom. The van der Waals surface area contributed by atoms with E-state index in [2.05, 4.69) is 36.7 Å². The Hall–Kier alpha value is -2.32. The van der Waals surface area contributed by atoms with Gasteiger partial charge in [-0.3, -0.25) is 0 Å². The smallest absolute Gasteiger partial charge is 0.225 e. The molecule has 0 radical (unpaired) electrons. The van der Waals surface area contributed by atoms with E-state index in [1.54, 1.807) is 19.2 Å². The fraction of sp³-hybridized carbons (Fsp3) is 0.529. The molecule has 3 heterocycles. The molecule has 8 heteroatoms. The van der Waals surface area contributed by atoms with E-state index in [1.807, 2.05) is 13.0 Å². The first-order chi connectivity index (χ1) is 12.0. The molecule has 0 unspecified atom stereocenters. The van der Waals surface area contributed by atoms with E-state index >= 15 is 0 Å². The van der Waals surface area contributed by atoms with E-state index in [9.17, 15) is 10.2 Å². The highest BCUT2D eigenvalue weighted by molar-refractivity contribution is 5.44. The van der Waals surface area contributed by atoms with Crippen molar-refractivity contribution in [1.29, 1.82) is 0 Å². The van der Waals surface area contributed by atoms with E-state index in [0.29, 0.717) is 17.5 Å². The number of nitrogens with zero attached hydrogens (tertiary/aromatic N) is 6. The minimum absolute atomic E-state index is 0.0884. The first kappa shape index (κ1) is 17.5. The van der Waals surface area contributed by atoms with Crippen molar-refractivity contribution in [3.63, 3.8) is 0 Å². The van der Waals surface area contributed by atoms with Crippen molar-refractivity contribution in [2.24, 2.45) is 0 Å². The summed E-state index contributed by atoms with van der Waals surface area (Å²) in [6.45, 7) is 7.88. The van der Waals surface area contributed by atoms with E-state index in [4.69, 9.17) is 0 Å². The number of piperazine rings is 1. The van der Waals surface area contributed by atoms with Gasteiger partial charge in [0.05, 0.1) is 12.3 Å². The molecule has 1 aliphatic heterocycles. The molecule has 0 amide bonds. The summed E-state index contributed by atoms with van der Waals surface area (Å²) >= 11 is 0. The summed E-state index contributed by atoms with van der Waals surface area (Å²) in [5.74, 6) is 1.91. The molecule has 3 rings (SSSR count). The van der Waals surface area contributed by atoms with Crippen LogP contribution >= 0.6 is 0 Å². The van der Waals surface area contributed by atoms with Crippen LogP contribution in [0.5, 0.6) is 0 Å². The van der Waals surface area contributed by atoms with Gasteiger partial charge in [0.1, 0.15) is 11.9 Å². The summed E-state index contributed by atoms with van der Waals surface area (Å²) in [5, 5.41) is 19.0. The number of hydrogen-bond donors (Lipinski definition) is 2. The zero-order chi connectivity index (χ0) is 18.0. The number of aliphatic hydroxyl groups is 2. The average molecular weight is 344 g/mol. The Morgan fingerprint density at radius 1 is 1.28 bits per heavy atom. The molecule has 1 aliphatic rings. The van der Waals surface area contributed by atoms with Crippen LogP contribution in [-0.4, -0.2) is 55.8 Å². The van der Waals surface area contributed by atoms with Crippen molar-refractivity contribution in [3.8, 4) is 0 Å². The summed E-state index contributed by atoms with van der Waals surface area (Å²) in [7, 11) is 0. The minimum Gasteiger partial charge on any atom is -0.390 e. The van der Waals surface area contributed by atoms with Gasteiger partial charge >= 0.3 is 0 Å². The maximum Gasteiger partial charge on any atom is 0.225 e. The predicted molar refractivity (Wildman–Crippen MR) is 94.4 cm³/mol. The SMILES string of the molecule is Cc1cc(CO)nc(N2CCN(c3ccnc([C@@H](C)O)n3)[C@H](C)C2)n1. The molecule has 2 aromatic rings. The Labute approximate surface area is 147 Å². The Morgan fingerprint density at radius 2 is 2.08 bits per heavy atom. The first-order valence-corrected chi connectivity index (χ1v) is 8.46. The summed E-state index contributed by atoms with van der Waals surface area (Å²) < 4.78 is 0. The van der Waals surface area contributed by atoms with E-state index in [-0.39, 0.29) is 12.6 Å². The zero-order valence-electron chi connectivity index (χ0n) is 14.8. The average Bonchev–Trinajstić information content (AvgIpc) is 2.61. The second-order valence-corrected chi connectivity index (χ2v) is 6.40. The topological polar surface area (TPSA) is 98.5 Å². The van der Waals surface area contributed by atoms with Gasteiger partial charge in [0, 0.05) is 37.6 Å². The molecule has 0 saturated carbocycles. The van der Waals surface area contributed by atoms with Crippen molar-refractivity contribution >= 4 is 11.8 Å². The highest BCUT2D eigenvalue weighted by atomic mass is 16.3. The zero-order valence-corrected chi connectivity index (χ0v) is 14.8. The fourth-order valence-electron chi connectivity index (χ4n) is 3.04. The van der Waals surface area contributed by atoms with Crippen molar-refractivity contribution in [2.75, 3.05) is 29.4 Å². The maximum absolute atomic E-state index is 9.69. The van der Waals surface area contributed by atoms with E-state index in [1.165, 1.54) is 0 Å². The van der Waals surface area contributed by atoms with Crippen LogP contribution in [0, 0.1) is 6.92 Å². The predicted octanol–water partition coefficient (Wildman–Crippen LogP) is 0.836. The second-order valence-electron chi connectivity index (χ2n) is 6.40. The summed E-state index contributed by atoms with van der Waals surface area (Å²) in [6, 6.07) is 3.86. The molecule has 2 aromatic heterocycles. The second kappa shape index (κ2) is 7.28. The van der Waals surface area contributed by atoms with Crippen LogP contribution in [0.3, 0.4) is 0 Å². The fourth-order valence-corrected chi connectivity index (χ4v) is 3.04. The maximum atomic E-state index is 9.69. The lowest BCUT2D eigenvalue weighted by molar-refractivity contribution is 0.189. The third-order valence-electron chi connectivity index (χ3n) is 4.30. The van der Waals surface area contributed by atoms with Crippen molar-refractivity contribution in [1.82, 2.24) is 19.9 Å². The quantitative estimate of drug-likeness (QED) is 0.842. The minimum atomic E-state index is -0.686. The van der Waals surface area contributed by atoms with Crippen molar-refractivity contribution in [3.05, 3.63) is 35.5 Å². The lowest BCUT2D eigenvalue weighted by atomic mass is 10.2. The molecule has 25 heavy (non-hydrogen) atoms. The number of rotatable bonds is 4. The van der Waals surface area contributed by atoms with Gasteiger partial charge in [-0.25, -0.2) is 19.9 Å². The monoisotopic (exact) mass is 344 g/mol. The lowest BCUT2D eigenvalue weighted by Crippen LogP contribution is -2.53. The van der Waals surface area contributed by atoms with Crippen LogP contribution in [0.2, 0.25) is 0 Å². The molecule has 0 bridgehead atoms. The van der Waals surface area contributed by atoms with Crippen molar-refractivity contribution < 1.29 is 10.2 Å². The lowest BCUT2D eigenvalue weighted by Gasteiger charge is -2.40. The molecule has 8 nitrogen and oxygen atoms in total. The van der Waals surface area contributed by atoms with Crippen LogP contribution in [0.1, 0.15) is 37.2 Å². The first-order valence-electron chi connectivity index (χ1n) is 8.46. The molecule has 1 saturated heterocycles. The molecule has 2 atom stereocenters. The standard InChI is InChI=1S/C17H24N6O2/c1-11-8-14(10-24)20-17(19-11)22-6-7-23(12(2)9-22)15-4-5-18-16(21-15)13(3)25/h4-5,8,12-13,24-25H,6-7,9-10H2,1-3H3/t12-,13-/m1/s1.